The van der Waals surface area contributed by atoms with Gasteiger partial charge in [-0.1, -0.05) is 24.3 Å². The number of nitrogens with one attached hydrogen (secondary N) is 3. The van der Waals surface area contributed by atoms with Crippen LogP contribution in [-0.4, -0.2) is 50.5 Å². The summed E-state index contributed by atoms with van der Waals surface area (Å²) in [6, 6.07) is 8.56. The number of aliphatic imine (C=N–C) groups is 1. The molecule has 0 saturated heterocycles. The molecule has 0 bridgehead atoms. The number of benzene rings is 1. The molecule has 0 spiro atoms. The van der Waals surface area contributed by atoms with Crippen LogP contribution in [0.5, 0.6) is 0 Å². The number of carbonyl (C=O) groups is 1. The van der Waals surface area contributed by atoms with Crippen molar-refractivity contribution in [1.82, 2.24) is 20.9 Å². The Morgan fingerprint density at radius 2 is 1.69 bits per heavy atom. The second kappa shape index (κ2) is 12.1. The molecular formula is C19H32IN5O. The maximum absolute atomic E-state index is 11.6. The van der Waals surface area contributed by atoms with Gasteiger partial charge < -0.3 is 20.9 Å². The third-order valence-corrected chi connectivity index (χ3v) is 3.95. The zero-order chi connectivity index (χ0) is 18.1. The van der Waals surface area contributed by atoms with Crippen LogP contribution in [0.15, 0.2) is 29.3 Å². The van der Waals surface area contributed by atoms with Gasteiger partial charge in [-0.25, -0.2) is 4.99 Å². The minimum atomic E-state index is 0. The van der Waals surface area contributed by atoms with Gasteiger partial charge in [-0.15, -0.1) is 24.0 Å². The van der Waals surface area contributed by atoms with Crippen molar-refractivity contribution in [2.75, 3.05) is 33.7 Å². The van der Waals surface area contributed by atoms with E-state index in [1.54, 1.807) is 0 Å². The molecule has 0 radical (unpaired) electrons. The van der Waals surface area contributed by atoms with E-state index < -0.39 is 0 Å². The average molecular weight is 473 g/mol. The minimum absolute atomic E-state index is 0. The van der Waals surface area contributed by atoms with Crippen LogP contribution in [0.1, 0.15) is 30.9 Å². The van der Waals surface area contributed by atoms with Gasteiger partial charge in [0.1, 0.15) is 0 Å². The van der Waals surface area contributed by atoms with Crippen molar-refractivity contribution in [3.8, 4) is 0 Å². The summed E-state index contributed by atoms with van der Waals surface area (Å²) in [7, 11) is 4.14. The Kier molecular flexibility index (Phi) is 10.6. The van der Waals surface area contributed by atoms with E-state index in [1.165, 1.54) is 11.1 Å². The van der Waals surface area contributed by atoms with E-state index in [-0.39, 0.29) is 35.8 Å². The SMILES string of the molecule is CCNC(=NCc1ccc(CN(C)C)cc1)NCCNC(=O)C1CC1.I. The summed E-state index contributed by atoms with van der Waals surface area (Å²) in [5.74, 6) is 1.22. The van der Waals surface area contributed by atoms with E-state index in [0.717, 1.165) is 31.9 Å². The maximum atomic E-state index is 11.6. The van der Waals surface area contributed by atoms with Crippen LogP contribution in [-0.2, 0) is 17.9 Å². The fourth-order valence-corrected chi connectivity index (χ4v) is 2.48. The number of nitrogens with zero attached hydrogens (tertiary/aromatic N) is 2. The lowest BCUT2D eigenvalue weighted by molar-refractivity contribution is -0.122. The topological polar surface area (TPSA) is 68.8 Å². The van der Waals surface area contributed by atoms with Gasteiger partial charge in [0.05, 0.1) is 6.54 Å². The van der Waals surface area contributed by atoms with Crippen LogP contribution in [0.4, 0.5) is 0 Å². The normalized spacial score (nSPS) is 13.9. The van der Waals surface area contributed by atoms with Gasteiger partial charge in [0, 0.05) is 32.1 Å². The third-order valence-electron chi connectivity index (χ3n) is 3.95. The molecule has 2 rings (SSSR count). The molecule has 0 aromatic heterocycles. The van der Waals surface area contributed by atoms with E-state index in [9.17, 15) is 4.79 Å². The Bertz CT molecular complexity index is 570. The Labute approximate surface area is 174 Å². The summed E-state index contributed by atoms with van der Waals surface area (Å²) in [4.78, 5) is 18.4. The first-order valence-corrected chi connectivity index (χ1v) is 9.11. The van der Waals surface area contributed by atoms with Crippen molar-refractivity contribution in [3.63, 3.8) is 0 Å². The monoisotopic (exact) mass is 473 g/mol. The number of amides is 1. The van der Waals surface area contributed by atoms with E-state index in [2.05, 4.69) is 64.2 Å². The first-order chi connectivity index (χ1) is 12.1. The van der Waals surface area contributed by atoms with Crippen LogP contribution in [0.25, 0.3) is 0 Å². The lowest BCUT2D eigenvalue weighted by Gasteiger charge is -2.12. The largest absolute Gasteiger partial charge is 0.357 e. The third kappa shape index (κ3) is 8.84. The number of carbonyl (C=O) groups excluding carboxylic acids is 1. The van der Waals surface area contributed by atoms with E-state index in [1.807, 2.05) is 6.92 Å². The van der Waals surface area contributed by atoms with Gasteiger partial charge in [-0.2, -0.15) is 0 Å². The van der Waals surface area contributed by atoms with Gasteiger partial charge in [0.2, 0.25) is 5.91 Å². The number of guanidine groups is 1. The molecule has 1 aliphatic carbocycles. The summed E-state index contributed by atoms with van der Waals surface area (Å²) < 4.78 is 0. The fraction of sp³-hybridized carbons (Fsp3) is 0.579. The Morgan fingerprint density at radius 1 is 1.08 bits per heavy atom. The lowest BCUT2D eigenvalue weighted by Crippen LogP contribution is -2.41. The summed E-state index contributed by atoms with van der Waals surface area (Å²) in [5.41, 5.74) is 2.48. The van der Waals surface area contributed by atoms with Gasteiger partial charge >= 0.3 is 0 Å². The van der Waals surface area contributed by atoms with Crippen molar-refractivity contribution in [3.05, 3.63) is 35.4 Å². The molecule has 1 aliphatic rings. The molecule has 0 aliphatic heterocycles. The summed E-state index contributed by atoms with van der Waals surface area (Å²) in [5, 5.41) is 9.44. The molecule has 0 unspecified atom stereocenters. The van der Waals surface area contributed by atoms with Gasteiger partial charge in [0.15, 0.2) is 5.96 Å². The highest BCUT2D eigenvalue weighted by molar-refractivity contribution is 14.0. The molecular weight excluding hydrogens is 441 g/mol. The first-order valence-electron chi connectivity index (χ1n) is 9.11. The molecule has 0 atom stereocenters. The van der Waals surface area contributed by atoms with Crippen molar-refractivity contribution in [2.24, 2.45) is 10.9 Å². The predicted octanol–water partition coefficient (Wildman–Crippen LogP) is 1.95. The second-order valence-electron chi connectivity index (χ2n) is 6.74. The summed E-state index contributed by atoms with van der Waals surface area (Å²) in [6.07, 6.45) is 2.08. The number of hydrogen-bond acceptors (Lipinski definition) is 3. The molecule has 1 amide bonds. The Hall–Kier alpha value is -1.35. The van der Waals surface area contributed by atoms with Crippen LogP contribution in [0, 0.1) is 5.92 Å². The van der Waals surface area contributed by atoms with E-state index in [4.69, 9.17) is 0 Å². The number of rotatable bonds is 9. The summed E-state index contributed by atoms with van der Waals surface area (Å²) in [6.45, 7) is 5.72. The van der Waals surface area contributed by atoms with Crippen molar-refractivity contribution >= 4 is 35.8 Å². The summed E-state index contributed by atoms with van der Waals surface area (Å²) >= 11 is 0. The van der Waals surface area contributed by atoms with Crippen LogP contribution in [0.2, 0.25) is 0 Å². The molecule has 3 N–H and O–H groups in total. The molecule has 26 heavy (non-hydrogen) atoms. The van der Waals surface area contributed by atoms with E-state index >= 15 is 0 Å². The molecule has 6 nitrogen and oxygen atoms in total. The van der Waals surface area contributed by atoms with E-state index in [0.29, 0.717) is 19.6 Å². The molecule has 1 fully saturated rings. The molecule has 1 saturated carbocycles. The number of hydrogen-bond donors (Lipinski definition) is 3. The van der Waals surface area contributed by atoms with Crippen molar-refractivity contribution < 1.29 is 4.79 Å². The Balaban J connectivity index is 0.00000338. The predicted molar refractivity (Wildman–Crippen MR) is 118 cm³/mol. The average Bonchev–Trinajstić information content (AvgIpc) is 3.42. The molecule has 1 aromatic rings. The lowest BCUT2D eigenvalue weighted by atomic mass is 10.1. The first kappa shape index (κ1) is 22.7. The number of halogens is 1. The highest BCUT2D eigenvalue weighted by atomic mass is 127. The minimum Gasteiger partial charge on any atom is -0.357 e. The van der Waals surface area contributed by atoms with Crippen LogP contribution in [0.3, 0.4) is 0 Å². The van der Waals surface area contributed by atoms with Gasteiger partial charge in [-0.3, -0.25) is 4.79 Å². The highest BCUT2D eigenvalue weighted by Gasteiger charge is 2.28. The fourth-order valence-electron chi connectivity index (χ4n) is 2.48. The van der Waals surface area contributed by atoms with Crippen LogP contribution >= 0.6 is 24.0 Å². The second-order valence-corrected chi connectivity index (χ2v) is 6.74. The molecule has 0 heterocycles. The zero-order valence-corrected chi connectivity index (χ0v) is 18.4. The molecule has 7 heteroatoms. The van der Waals surface area contributed by atoms with Gasteiger partial charge in [-0.05, 0) is 45.0 Å². The Morgan fingerprint density at radius 3 is 2.27 bits per heavy atom. The smallest absolute Gasteiger partial charge is 0.223 e. The van der Waals surface area contributed by atoms with Crippen LogP contribution < -0.4 is 16.0 Å². The van der Waals surface area contributed by atoms with Crippen molar-refractivity contribution in [2.45, 2.75) is 32.9 Å². The maximum Gasteiger partial charge on any atom is 0.223 e. The highest BCUT2D eigenvalue weighted by Crippen LogP contribution is 2.28. The molecule has 1 aromatic carbocycles. The zero-order valence-electron chi connectivity index (χ0n) is 16.0. The standard InChI is InChI=1S/C19H31N5O.HI/c1-4-20-19(22-12-11-21-18(25)17-9-10-17)23-13-15-5-7-16(8-6-15)14-24(2)3;/h5-8,17H,4,9-14H2,1-3H3,(H,21,25)(H2,20,22,23);1H. The van der Waals surface area contributed by atoms with Crippen molar-refractivity contribution in [1.29, 1.82) is 0 Å². The quantitative estimate of drug-likeness (QED) is 0.222. The van der Waals surface area contributed by atoms with Gasteiger partial charge in [0.25, 0.3) is 0 Å². The molecule has 146 valence electrons.